The molecule has 4 nitrogen and oxygen atoms in total. The number of hydrogen-bond acceptors (Lipinski definition) is 4. The fourth-order valence-corrected chi connectivity index (χ4v) is 2.52. The number of benzene rings is 1. The fraction of sp³-hybridized carbons (Fsp3) is 0.364. The lowest BCUT2D eigenvalue weighted by Gasteiger charge is -2.22. The first-order valence-electron chi connectivity index (χ1n) is 4.92. The molecule has 2 N–H and O–H groups in total. The quantitative estimate of drug-likeness (QED) is 0.872. The molecule has 1 aliphatic heterocycles. The highest BCUT2D eigenvalue weighted by Crippen LogP contribution is 2.30. The summed E-state index contributed by atoms with van der Waals surface area (Å²) < 4.78 is 5.08. The number of hydrogen-bond donors (Lipinski definition) is 2. The second-order valence-corrected chi connectivity index (χ2v) is 4.50. The van der Waals surface area contributed by atoms with Crippen molar-refractivity contribution in [3.05, 3.63) is 29.8 Å². The molecule has 6 heteroatoms. The zero-order valence-corrected chi connectivity index (χ0v) is 12.2. The largest absolute Gasteiger partial charge is 0.497 e. The number of amidine groups is 1. The number of methoxy groups -OCH3 is 1. The number of nitrogens with one attached hydrogen (secondary N) is 1. The number of thioether (sulfide) groups is 1. The SMILES string of the molecule is Br.CN=C1NC(O)(c2ccc(OC)cc2)CS1. The van der Waals surface area contributed by atoms with Gasteiger partial charge in [0.25, 0.3) is 0 Å². The minimum atomic E-state index is -1.02. The smallest absolute Gasteiger partial charge is 0.173 e. The van der Waals surface area contributed by atoms with Crippen LogP contribution < -0.4 is 10.1 Å². The van der Waals surface area contributed by atoms with Crippen molar-refractivity contribution in [3.8, 4) is 5.75 Å². The molecular weight excluding hydrogens is 304 g/mol. The average molecular weight is 319 g/mol. The van der Waals surface area contributed by atoms with Crippen molar-refractivity contribution in [3.63, 3.8) is 0 Å². The third kappa shape index (κ3) is 2.94. The van der Waals surface area contributed by atoms with Crippen molar-refractivity contribution < 1.29 is 9.84 Å². The topological polar surface area (TPSA) is 53.9 Å². The number of halogens is 1. The molecule has 0 spiro atoms. The summed E-state index contributed by atoms with van der Waals surface area (Å²) in [5.41, 5.74) is -0.203. The lowest BCUT2D eigenvalue weighted by atomic mass is 10.1. The van der Waals surface area contributed by atoms with Crippen LogP contribution in [0.15, 0.2) is 29.3 Å². The minimum absolute atomic E-state index is 0. The van der Waals surface area contributed by atoms with E-state index in [-0.39, 0.29) is 17.0 Å². The van der Waals surface area contributed by atoms with Crippen molar-refractivity contribution in [2.75, 3.05) is 19.9 Å². The Morgan fingerprint density at radius 1 is 1.41 bits per heavy atom. The molecule has 1 heterocycles. The van der Waals surface area contributed by atoms with E-state index in [0.29, 0.717) is 5.75 Å². The summed E-state index contributed by atoms with van der Waals surface area (Å²) in [5, 5.41) is 14.1. The Hall–Kier alpha value is -0.720. The van der Waals surface area contributed by atoms with Crippen LogP contribution in [-0.4, -0.2) is 30.2 Å². The van der Waals surface area contributed by atoms with Gasteiger partial charge in [-0.15, -0.1) is 17.0 Å². The van der Waals surface area contributed by atoms with Crippen LogP contribution >= 0.6 is 28.7 Å². The van der Waals surface area contributed by atoms with E-state index in [1.165, 1.54) is 11.8 Å². The van der Waals surface area contributed by atoms with Gasteiger partial charge in [0.05, 0.1) is 12.9 Å². The minimum Gasteiger partial charge on any atom is -0.497 e. The highest BCUT2D eigenvalue weighted by atomic mass is 79.9. The van der Waals surface area contributed by atoms with Crippen LogP contribution in [-0.2, 0) is 5.72 Å². The Kier molecular flexibility index (Phi) is 4.85. The number of aliphatic imine (C=N–C) groups is 1. The summed E-state index contributed by atoms with van der Waals surface area (Å²) in [6, 6.07) is 7.37. The highest BCUT2D eigenvalue weighted by Gasteiger charge is 2.36. The first-order valence-corrected chi connectivity index (χ1v) is 5.91. The zero-order valence-electron chi connectivity index (χ0n) is 9.64. The molecule has 1 fully saturated rings. The predicted molar refractivity (Wildman–Crippen MR) is 76.2 cm³/mol. The maximum absolute atomic E-state index is 10.4. The van der Waals surface area contributed by atoms with E-state index >= 15 is 0 Å². The standard InChI is InChI=1S/C11H14N2O2S.BrH/c1-12-10-13-11(14,7-16-10)8-3-5-9(15-2)6-4-8;/h3-6,14H,7H2,1-2H3,(H,12,13);1H. The van der Waals surface area contributed by atoms with Crippen molar-refractivity contribution >= 4 is 33.9 Å². The van der Waals surface area contributed by atoms with E-state index in [0.717, 1.165) is 16.5 Å². The van der Waals surface area contributed by atoms with Gasteiger partial charge in [-0.3, -0.25) is 4.99 Å². The Morgan fingerprint density at radius 2 is 2.06 bits per heavy atom. The number of nitrogens with zero attached hydrogens (tertiary/aromatic N) is 1. The van der Waals surface area contributed by atoms with Crippen molar-refractivity contribution in [1.82, 2.24) is 5.32 Å². The number of rotatable bonds is 2. The molecule has 0 saturated carbocycles. The highest BCUT2D eigenvalue weighted by molar-refractivity contribution is 8.93. The molecule has 0 bridgehead atoms. The van der Waals surface area contributed by atoms with E-state index in [1.54, 1.807) is 14.2 Å². The van der Waals surface area contributed by atoms with Crippen molar-refractivity contribution in [2.24, 2.45) is 4.99 Å². The van der Waals surface area contributed by atoms with Crippen LogP contribution in [0.4, 0.5) is 0 Å². The van der Waals surface area contributed by atoms with Crippen molar-refractivity contribution in [2.45, 2.75) is 5.72 Å². The second kappa shape index (κ2) is 5.75. The van der Waals surface area contributed by atoms with Crippen LogP contribution in [0.25, 0.3) is 0 Å². The normalized spacial score (nSPS) is 25.2. The average Bonchev–Trinajstić information content (AvgIpc) is 2.73. The van der Waals surface area contributed by atoms with Gasteiger partial charge < -0.3 is 15.2 Å². The summed E-state index contributed by atoms with van der Waals surface area (Å²) >= 11 is 1.51. The van der Waals surface area contributed by atoms with Crippen LogP contribution in [0, 0.1) is 0 Å². The summed E-state index contributed by atoms with van der Waals surface area (Å²) in [6.07, 6.45) is 0. The van der Waals surface area contributed by atoms with Crippen molar-refractivity contribution in [1.29, 1.82) is 0 Å². The van der Waals surface area contributed by atoms with Crippen LogP contribution in [0.5, 0.6) is 5.75 Å². The molecule has 0 amide bonds. The third-order valence-electron chi connectivity index (χ3n) is 2.50. The fourth-order valence-electron chi connectivity index (χ4n) is 1.56. The summed E-state index contributed by atoms with van der Waals surface area (Å²) in [5.74, 6) is 1.34. The Morgan fingerprint density at radius 3 is 2.53 bits per heavy atom. The molecule has 0 aromatic heterocycles. The molecular formula is C11H15BrN2O2S. The van der Waals surface area contributed by atoms with Gasteiger partial charge in [-0.25, -0.2) is 0 Å². The lowest BCUT2D eigenvalue weighted by Crippen LogP contribution is -2.40. The Balaban J connectivity index is 0.00000144. The first kappa shape index (κ1) is 14.3. The van der Waals surface area contributed by atoms with E-state index in [2.05, 4.69) is 10.3 Å². The van der Waals surface area contributed by atoms with E-state index < -0.39 is 5.72 Å². The molecule has 94 valence electrons. The van der Waals surface area contributed by atoms with Gasteiger partial charge in [-0.05, 0) is 12.1 Å². The molecule has 1 aliphatic rings. The molecule has 1 unspecified atom stereocenters. The summed E-state index contributed by atoms with van der Waals surface area (Å²) in [6.45, 7) is 0. The lowest BCUT2D eigenvalue weighted by molar-refractivity contribution is 0.0511. The number of ether oxygens (including phenoxy) is 1. The van der Waals surface area contributed by atoms with Crippen LogP contribution in [0.1, 0.15) is 5.56 Å². The second-order valence-electron chi connectivity index (χ2n) is 3.53. The van der Waals surface area contributed by atoms with Gasteiger partial charge in [-0.1, -0.05) is 23.9 Å². The Labute approximate surface area is 115 Å². The molecule has 17 heavy (non-hydrogen) atoms. The Bertz CT molecular complexity index is 410. The third-order valence-corrected chi connectivity index (χ3v) is 3.62. The van der Waals surface area contributed by atoms with Gasteiger partial charge in [0, 0.05) is 12.6 Å². The van der Waals surface area contributed by atoms with Gasteiger partial charge in [-0.2, -0.15) is 0 Å². The van der Waals surface area contributed by atoms with Gasteiger partial charge >= 0.3 is 0 Å². The number of aliphatic hydroxyl groups is 1. The summed E-state index contributed by atoms with van der Waals surface area (Å²) in [4.78, 5) is 4.03. The van der Waals surface area contributed by atoms with E-state index in [1.807, 2.05) is 24.3 Å². The van der Waals surface area contributed by atoms with Gasteiger partial charge in [0.15, 0.2) is 10.9 Å². The molecule has 1 saturated heterocycles. The molecule has 0 radical (unpaired) electrons. The maximum atomic E-state index is 10.4. The van der Waals surface area contributed by atoms with Gasteiger partial charge in [0.2, 0.25) is 0 Å². The first-order chi connectivity index (χ1) is 7.68. The van der Waals surface area contributed by atoms with E-state index in [9.17, 15) is 5.11 Å². The monoisotopic (exact) mass is 318 g/mol. The molecule has 2 rings (SSSR count). The van der Waals surface area contributed by atoms with Crippen LogP contribution in [0.2, 0.25) is 0 Å². The molecule has 1 aromatic rings. The predicted octanol–water partition coefficient (Wildman–Crippen LogP) is 1.74. The van der Waals surface area contributed by atoms with Gasteiger partial charge in [0.1, 0.15) is 5.75 Å². The van der Waals surface area contributed by atoms with Crippen LogP contribution in [0.3, 0.4) is 0 Å². The molecule has 1 atom stereocenters. The molecule has 1 aromatic carbocycles. The van der Waals surface area contributed by atoms with E-state index in [4.69, 9.17) is 4.74 Å². The molecule has 0 aliphatic carbocycles. The maximum Gasteiger partial charge on any atom is 0.173 e. The summed E-state index contributed by atoms with van der Waals surface area (Å²) in [7, 11) is 3.32. The zero-order chi connectivity index (χ0) is 11.6.